The third-order valence-corrected chi connectivity index (χ3v) is 4.58. The topological polar surface area (TPSA) is 47.6 Å². The lowest BCUT2D eigenvalue weighted by molar-refractivity contribution is -0.548. The van der Waals surface area contributed by atoms with Gasteiger partial charge in [0.15, 0.2) is 0 Å². The van der Waals surface area contributed by atoms with Crippen LogP contribution in [0, 0.1) is 6.92 Å². The third-order valence-electron chi connectivity index (χ3n) is 4.17. The zero-order chi connectivity index (χ0) is 30.6. The normalized spacial score (nSPS) is 17.6. The van der Waals surface area contributed by atoms with Gasteiger partial charge in [0.1, 0.15) is 0 Å². The summed E-state index contributed by atoms with van der Waals surface area (Å²) in [4.78, 5) is 11.8. The SMILES string of the molecule is Cc1c(Cl)cccc1NC(=O)[C@@](F)(OC(F)(F)[C@](F)(OC(F)(F)C(F)(F)C(F)(F)F)C(F)(F)F)C(F)(F)F. The first kappa shape index (κ1) is 33.7. The molecule has 0 aromatic heterocycles. The lowest BCUT2D eigenvalue weighted by Crippen LogP contribution is -2.68. The predicted octanol–water partition coefficient (Wildman–Crippen LogP) is 7.46. The van der Waals surface area contributed by atoms with Crippen molar-refractivity contribution in [3.63, 3.8) is 0 Å². The molecule has 1 amide bonds. The van der Waals surface area contributed by atoms with Gasteiger partial charge in [-0.25, -0.2) is 0 Å². The van der Waals surface area contributed by atoms with Crippen molar-refractivity contribution in [1.82, 2.24) is 0 Å². The van der Waals surface area contributed by atoms with Gasteiger partial charge in [-0.15, -0.1) is 0 Å². The predicted molar refractivity (Wildman–Crippen MR) is 87.7 cm³/mol. The monoisotopic (exact) mass is 619 g/mol. The van der Waals surface area contributed by atoms with Crippen LogP contribution in [0.3, 0.4) is 0 Å². The van der Waals surface area contributed by atoms with E-state index < -0.39 is 70.6 Å². The molecular formula is C16H7ClF17NO3. The maximum absolute atomic E-state index is 14.5. The fourth-order valence-electron chi connectivity index (χ4n) is 2.11. The van der Waals surface area contributed by atoms with Crippen molar-refractivity contribution >= 4 is 23.2 Å². The molecule has 1 N–H and O–H groups in total. The number of carbonyl (C=O) groups excluding carboxylic acids is 1. The molecule has 0 fully saturated rings. The van der Waals surface area contributed by atoms with Gasteiger partial charge < -0.3 is 5.32 Å². The molecule has 1 aromatic carbocycles. The molecule has 0 heterocycles. The third kappa shape index (κ3) is 5.82. The zero-order valence-corrected chi connectivity index (χ0v) is 18.0. The summed E-state index contributed by atoms with van der Waals surface area (Å²) < 4.78 is 227. The lowest BCUT2D eigenvalue weighted by atomic mass is 10.1. The average Bonchev–Trinajstić information content (AvgIpc) is 2.67. The number of nitrogens with one attached hydrogen (secondary N) is 1. The van der Waals surface area contributed by atoms with Gasteiger partial charge in [-0.05, 0) is 24.6 Å². The van der Waals surface area contributed by atoms with Gasteiger partial charge in [-0.2, -0.15) is 74.6 Å². The lowest BCUT2D eigenvalue weighted by Gasteiger charge is -2.40. The summed E-state index contributed by atoms with van der Waals surface area (Å²) in [6.07, 6.45) is -38.7. The van der Waals surface area contributed by atoms with E-state index in [9.17, 15) is 79.4 Å². The minimum absolute atomic E-state index is 0.397. The number of carbonyl (C=O) groups is 1. The molecule has 1 aromatic rings. The fraction of sp³-hybridized carbons (Fsp3) is 0.562. The number of hydrogen-bond acceptors (Lipinski definition) is 3. The molecular weight excluding hydrogens is 613 g/mol. The average molecular weight is 620 g/mol. The van der Waals surface area contributed by atoms with Crippen LogP contribution in [0.2, 0.25) is 5.02 Å². The van der Waals surface area contributed by atoms with Crippen molar-refractivity contribution in [3.8, 4) is 0 Å². The van der Waals surface area contributed by atoms with Gasteiger partial charge >= 0.3 is 48.4 Å². The molecule has 0 saturated heterocycles. The van der Waals surface area contributed by atoms with Crippen molar-refractivity contribution in [2.75, 3.05) is 5.32 Å². The Kier molecular flexibility index (Phi) is 8.63. The molecule has 0 aliphatic rings. The number of alkyl halides is 17. The molecule has 2 atom stereocenters. The summed E-state index contributed by atoms with van der Waals surface area (Å²) in [5.41, 5.74) is -1.40. The number of halogens is 18. The highest BCUT2D eigenvalue weighted by atomic mass is 35.5. The molecule has 0 spiro atoms. The molecule has 0 unspecified atom stereocenters. The Balaban J connectivity index is 3.67. The van der Waals surface area contributed by atoms with E-state index in [0.717, 1.165) is 24.4 Å². The van der Waals surface area contributed by atoms with Gasteiger partial charge in [-0.1, -0.05) is 17.7 Å². The number of anilines is 1. The molecule has 0 bridgehead atoms. The highest BCUT2D eigenvalue weighted by molar-refractivity contribution is 6.31. The van der Waals surface area contributed by atoms with Crippen molar-refractivity contribution < 1.29 is 88.9 Å². The molecule has 0 aliphatic carbocycles. The first-order chi connectivity index (χ1) is 16.5. The summed E-state index contributed by atoms with van der Waals surface area (Å²) >= 11 is 5.53. The first-order valence-electron chi connectivity index (χ1n) is 8.67. The van der Waals surface area contributed by atoms with Gasteiger partial charge in [0.25, 0.3) is 5.91 Å². The Hall–Kier alpha value is -2.29. The van der Waals surface area contributed by atoms with E-state index in [0.29, 0.717) is 6.07 Å². The van der Waals surface area contributed by atoms with Crippen LogP contribution < -0.4 is 5.32 Å². The second-order valence-corrected chi connectivity index (χ2v) is 7.27. The van der Waals surface area contributed by atoms with Gasteiger partial charge in [0, 0.05) is 10.7 Å². The molecule has 0 radical (unpaired) electrons. The maximum atomic E-state index is 14.5. The van der Waals surface area contributed by atoms with E-state index in [1.807, 2.05) is 4.74 Å². The number of rotatable bonds is 8. The summed E-state index contributed by atoms with van der Waals surface area (Å²) in [6, 6.07) is 2.44. The van der Waals surface area contributed by atoms with Gasteiger partial charge in [-0.3, -0.25) is 14.3 Å². The number of hydrogen-bond donors (Lipinski definition) is 1. The van der Waals surface area contributed by atoms with Crippen LogP contribution in [0.5, 0.6) is 0 Å². The van der Waals surface area contributed by atoms with E-state index in [4.69, 9.17) is 11.6 Å². The minimum Gasteiger partial charge on any atom is -0.320 e. The number of benzene rings is 1. The molecule has 38 heavy (non-hydrogen) atoms. The zero-order valence-electron chi connectivity index (χ0n) is 17.3. The van der Waals surface area contributed by atoms with Crippen LogP contribution >= 0.6 is 11.6 Å². The molecule has 1 rings (SSSR count). The summed E-state index contributed by atoms with van der Waals surface area (Å²) in [7, 11) is 0. The maximum Gasteiger partial charge on any atom is 0.462 e. The van der Waals surface area contributed by atoms with E-state index in [1.54, 1.807) is 0 Å². The second kappa shape index (κ2) is 9.72. The quantitative estimate of drug-likeness (QED) is 0.308. The van der Waals surface area contributed by atoms with E-state index in [2.05, 4.69) is 0 Å². The van der Waals surface area contributed by atoms with Gasteiger partial charge in [0.05, 0.1) is 0 Å². The number of ether oxygens (including phenoxy) is 2. The van der Waals surface area contributed by atoms with Crippen LogP contribution in [-0.4, -0.2) is 54.3 Å². The van der Waals surface area contributed by atoms with Crippen LogP contribution in [0.1, 0.15) is 5.56 Å². The van der Waals surface area contributed by atoms with Crippen LogP contribution in [0.15, 0.2) is 18.2 Å². The standard InChI is InChI=1S/C16H7ClF17NO3/c1-5-6(17)3-2-4-7(5)35-8(36)9(18,12(22,23)24)37-16(33,34)11(21,14(28,29)30)38-15(31,32)10(19,20)13(25,26)27/h2-4H,1H3,(H,35,36)/t9-,11-/m1/s1. The Bertz CT molecular complexity index is 1040. The molecule has 220 valence electrons. The van der Waals surface area contributed by atoms with E-state index in [1.165, 1.54) is 4.74 Å². The summed E-state index contributed by atoms with van der Waals surface area (Å²) in [5, 5.41) is 0.469. The van der Waals surface area contributed by atoms with E-state index >= 15 is 0 Å². The van der Waals surface area contributed by atoms with Crippen molar-refractivity contribution in [3.05, 3.63) is 28.8 Å². The largest absolute Gasteiger partial charge is 0.462 e. The Labute approximate surface area is 202 Å². The van der Waals surface area contributed by atoms with Crippen molar-refractivity contribution in [2.45, 2.75) is 55.3 Å². The fourth-order valence-corrected chi connectivity index (χ4v) is 2.28. The Morgan fingerprint density at radius 3 is 1.58 bits per heavy atom. The Morgan fingerprint density at radius 1 is 0.711 bits per heavy atom. The van der Waals surface area contributed by atoms with Crippen LogP contribution in [0.25, 0.3) is 0 Å². The molecule has 4 nitrogen and oxygen atoms in total. The highest BCUT2D eigenvalue weighted by Crippen LogP contribution is 2.56. The highest BCUT2D eigenvalue weighted by Gasteiger charge is 2.85. The first-order valence-corrected chi connectivity index (χ1v) is 9.04. The van der Waals surface area contributed by atoms with Crippen LogP contribution in [-0.2, 0) is 14.3 Å². The van der Waals surface area contributed by atoms with Gasteiger partial charge in [0.2, 0.25) is 0 Å². The molecule has 0 saturated carbocycles. The summed E-state index contributed by atoms with van der Waals surface area (Å²) in [5.74, 6) is -26.3. The van der Waals surface area contributed by atoms with E-state index in [-0.39, 0.29) is 0 Å². The van der Waals surface area contributed by atoms with Crippen molar-refractivity contribution in [2.24, 2.45) is 0 Å². The molecule has 22 heteroatoms. The molecule has 0 aliphatic heterocycles. The second-order valence-electron chi connectivity index (χ2n) is 6.86. The minimum atomic E-state index is -8.08. The van der Waals surface area contributed by atoms with Crippen molar-refractivity contribution in [1.29, 1.82) is 0 Å². The summed E-state index contributed by atoms with van der Waals surface area (Å²) in [6.45, 7) is 0.897. The van der Waals surface area contributed by atoms with Crippen LogP contribution in [0.4, 0.5) is 80.3 Å². The smallest absolute Gasteiger partial charge is 0.320 e. The Morgan fingerprint density at radius 2 is 1.18 bits per heavy atom. The number of amides is 1.